The number of hydrogen-bond acceptors (Lipinski definition) is 0. The van der Waals surface area contributed by atoms with Gasteiger partial charge in [0.05, 0.1) is 11.0 Å². The van der Waals surface area contributed by atoms with Crippen LogP contribution >= 0.6 is 0 Å². The van der Waals surface area contributed by atoms with E-state index in [1.54, 1.807) is 0 Å². The molecule has 0 spiro atoms. The zero-order chi connectivity index (χ0) is 25.9. The van der Waals surface area contributed by atoms with E-state index in [-0.39, 0.29) is 0 Å². The second-order valence-electron chi connectivity index (χ2n) is 10.6. The van der Waals surface area contributed by atoms with Crippen molar-refractivity contribution < 1.29 is 4.58 Å². The maximum absolute atomic E-state index is 3.50. The van der Waals surface area contributed by atoms with Crippen LogP contribution in [0.2, 0.25) is 13.1 Å². The summed E-state index contributed by atoms with van der Waals surface area (Å²) in [7, 11) is 0.0596. The van der Waals surface area contributed by atoms with Crippen molar-refractivity contribution in [2.24, 2.45) is 0 Å². The van der Waals surface area contributed by atoms with Gasteiger partial charge in [-0.2, -0.15) is 0 Å². The first kappa shape index (κ1) is 22.7. The SMILES string of the molecule is C[N+]1=C=[N+](c2cccc([Si](C)(C)c3ccc4c(c3)c3ccccc3n4-c3ccccc3)c2)c2ccccc21. The Morgan fingerprint density at radius 2 is 1.29 bits per heavy atom. The molecule has 2 heterocycles. The predicted octanol–water partition coefficient (Wildman–Crippen LogP) is 6.90. The van der Waals surface area contributed by atoms with E-state index in [1.165, 1.54) is 49.2 Å². The van der Waals surface area contributed by atoms with Crippen LogP contribution in [-0.2, 0) is 0 Å². The van der Waals surface area contributed by atoms with E-state index < -0.39 is 8.07 Å². The van der Waals surface area contributed by atoms with E-state index in [9.17, 15) is 0 Å². The summed E-state index contributed by atoms with van der Waals surface area (Å²) in [4.78, 5) is 0. The number of para-hydroxylation sites is 4. The van der Waals surface area contributed by atoms with Crippen LogP contribution < -0.4 is 14.9 Å². The van der Waals surface area contributed by atoms with Crippen molar-refractivity contribution in [1.82, 2.24) is 9.14 Å². The van der Waals surface area contributed by atoms with Crippen LogP contribution in [0.3, 0.4) is 0 Å². The summed E-state index contributed by atoms with van der Waals surface area (Å²) in [6.07, 6.45) is 0. The van der Waals surface area contributed by atoms with Crippen molar-refractivity contribution >= 4 is 63.3 Å². The molecule has 1 aliphatic rings. The second kappa shape index (κ2) is 8.52. The van der Waals surface area contributed by atoms with Crippen LogP contribution in [-0.4, -0.2) is 30.3 Å². The van der Waals surface area contributed by atoms with Gasteiger partial charge in [-0.3, -0.25) is 0 Å². The molecule has 1 aliphatic heterocycles. The van der Waals surface area contributed by atoms with Crippen molar-refractivity contribution in [3.63, 3.8) is 0 Å². The molecular weight excluding hydrogens is 478 g/mol. The molecule has 0 fully saturated rings. The smallest absolute Gasteiger partial charge is 0.309 e. The van der Waals surface area contributed by atoms with Crippen LogP contribution in [0.25, 0.3) is 27.5 Å². The summed E-state index contributed by atoms with van der Waals surface area (Å²) in [5, 5.41) is 5.46. The van der Waals surface area contributed by atoms with E-state index >= 15 is 0 Å². The Morgan fingerprint density at radius 1 is 0.605 bits per heavy atom. The third-order valence-electron chi connectivity index (χ3n) is 7.97. The molecule has 1 aromatic heterocycles. The molecule has 4 heteroatoms. The van der Waals surface area contributed by atoms with Gasteiger partial charge in [-0.1, -0.05) is 95.7 Å². The van der Waals surface area contributed by atoms with Gasteiger partial charge in [0.25, 0.3) is 11.4 Å². The van der Waals surface area contributed by atoms with Gasteiger partial charge in [0.2, 0.25) is 5.69 Å². The first-order chi connectivity index (χ1) is 18.5. The molecule has 0 radical (unpaired) electrons. The van der Waals surface area contributed by atoms with Crippen molar-refractivity contribution in [1.29, 1.82) is 0 Å². The van der Waals surface area contributed by atoms with Gasteiger partial charge in [-0.15, -0.1) is 0 Å². The van der Waals surface area contributed by atoms with Crippen LogP contribution in [0, 0.1) is 0 Å². The molecule has 0 aliphatic carbocycles. The lowest BCUT2D eigenvalue weighted by Gasteiger charge is -2.24. The zero-order valence-corrected chi connectivity index (χ0v) is 22.9. The summed E-state index contributed by atoms with van der Waals surface area (Å²) >= 11 is 0. The van der Waals surface area contributed by atoms with Gasteiger partial charge in [0.1, 0.15) is 8.07 Å². The topological polar surface area (TPSA) is 10.9 Å². The molecular formula is C34H29N3Si+2. The minimum atomic E-state index is -2.00. The Balaban J connectivity index is 1.36. The summed E-state index contributed by atoms with van der Waals surface area (Å²) in [6.45, 7) is 4.92. The van der Waals surface area contributed by atoms with Crippen LogP contribution in [0.4, 0.5) is 17.1 Å². The number of rotatable bonds is 4. The molecule has 5 aromatic carbocycles. The predicted molar refractivity (Wildman–Crippen MR) is 163 cm³/mol. The molecule has 0 atom stereocenters. The van der Waals surface area contributed by atoms with Gasteiger partial charge in [0.15, 0.2) is 7.05 Å². The number of hydrogen-bond donors (Lipinski definition) is 0. The molecule has 38 heavy (non-hydrogen) atoms. The Labute approximate surface area is 223 Å². The highest BCUT2D eigenvalue weighted by atomic mass is 28.3. The maximum atomic E-state index is 3.50. The molecule has 3 nitrogen and oxygen atoms in total. The average Bonchev–Trinajstić information content (AvgIpc) is 3.48. The molecule has 0 unspecified atom stereocenters. The van der Waals surface area contributed by atoms with E-state index in [2.05, 4.69) is 161 Å². The molecule has 182 valence electrons. The van der Waals surface area contributed by atoms with E-state index in [0.29, 0.717) is 0 Å². The summed E-state index contributed by atoms with van der Waals surface area (Å²) in [5.74, 6) is 0. The fourth-order valence-corrected chi connectivity index (χ4v) is 8.17. The summed E-state index contributed by atoms with van der Waals surface area (Å²) in [5.41, 5.74) is 7.19. The molecule has 0 amide bonds. The fourth-order valence-electron chi connectivity index (χ4n) is 5.81. The first-order valence-corrected chi connectivity index (χ1v) is 16.1. The molecule has 7 rings (SSSR count). The third-order valence-corrected chi connectivity index (χ3v) is 11.5. The Bertz CT molecular complexity index is 1940. The fraction of sp³-hybridized carbons (Fsp3) is 0.0882. The summed E-state index contributed by atoms with van der Waals surface area (Å²) in [6, 6.07) is 47.6. The number of fused-ring (bicyclic) bond motifs is 4. The molecule has 6 aromatic rings. The molecule has 0 saturated heterocycles. The van der Waals surface area contributed by atoms with Crippen molar-refractivity contribution in [3.05, 3.63) is 121 Å². The normalized spacial score (nSPS) is 13.0. The molecule has 0 bridgehead atoms. The number of benzene rings is 5. The first-order valence-electron chi connectivity index (χ1n) is 13.1. The highest BCUT2D eigenvalue weighted by Gasteiger charge is 2.34. The van der Waals surface area contributed by atoms with Gasteiger partial charge in [-0.05, 0) is 34.0 Å². The van der Waals surface area contributed by atoms with Gasteiger partial charge >= 0.3 is 6.01 Å². The maximum Gasteiger partial charge on any atom is 0.496 e. The van der Waals surface area contributed by atoms with Crippen molar-refractivity contribution in [2.75, 3.05) is 7.05 Å². The Kier molecular flexibility index (Phi) is 5.09. The molecule has 0 N–H and O–H groups in total. The zero-order valence-electron chi connectivity index (χ0n) is 21.9. The molecule has 0 saturated carbocycles. The van der Waals surface area contributed by atoms with Crippen LogP contribution in [0.5, 0.6) is 0 Å². The van der Waals surface area contributed by atoms with E-state index in [4.69, 9.17) is 0 Å². The standard InChI is InChI=1S/C34H29N3Si/c1-35-24-36(34-19-10-9-18-33(34)35)26-14-11-15-27(22-26)38(2,3)28-20-21-32-30(23-28)29-16-7-8-17-31(29)37(32)25-12-5-4-6-13-25/h4-23H,1-3H3/q+2. The largest absolute Gasteiger partial charge is 0.496 e. The van der Waals surface area contributed by atoms with Crippen molar-refractivity contribution in [2.45, 2.75) is 13.1 Å². The van der Waals surface area contributed by atoms with Crippen molar-refractivity contribution in [3.8, 4) is 5.69 Å². The lowest BCUT2D eigenvalue weighted by molar-refractivity contribution is -0.394. The minimum Gasteiger partial charge on any atom is -0.309 e. The quantitative estimate of drug-likeness (QED) is 0.182. The Hall–Kier alpha value is -4.50. The second-order valence-corrected chi connectivity index (χ2v) is 15.0. The highest BCUT2D eigenvalue weighted by Crippen LogP contribution is 2.33. The number of aromatic nitrogens is 1. The van der Waals surface area contributed by atoms with E-state index in [0.717, 1.165) is 5.69 Å². The van der Waals surface area contributed by atoms with E-state index in [1.807, 2.05) is 0 Å². The summed E-state index contributed by atoms with van der Waals surface area (Å²) < 4.78 is 6.64. The lowest BCUT2D eigenvalue weighted by Crippen LogP contribution is -2.52. The third kappa shape index (κ3) is 3.42. The highest BCUT2D eigenvalue weighted by molar-refractivity contribution is 7.00. The van der Waals surface area contributed by atoms with Gasteiger partial charge in [0, 0.05) is 40.7 Å². The van der Waals surface area contributed by atoms with Gasteiger partial charge in [-0.25, -0.2) is 0 Å². The number of nitrogens with zero attached hydrogens (tertiary/aromatic N) is 3. The van der Waals surface area contributed by atoms with Crippen LogP contribution in [0.1, 0.15) is 0 Å². The van der Waals surface area contributed by atoms with Gasteiger partial charge < -0.3 is 4.57 Å². The minimum absolute atomic E-state index is 1.15. The monoisotopic (exact) mass is 507 g/mol. The Morgan fingerprint density at radius 3 is 2.13 bits per heavy atom. The average molecular weight is 508 g/mol. The lowest BCUT2D eigenvalue weighted by atomic mass is 10.1. The van der Waals surface area contributed by atoms with Crippen LogP contribution in [0.15, 0.2) is 121 Å².